The highest BCUT2D eigenvalue weighted by Crippen LogP contribution is 2.30. The molecular weight excluding hydrogens is 362 g/mol. The molecule has 6 heteroatoms. The van der Waals surface area contributed by atoms with E-state index in [0.29, 0.717) is 17.8 Å². The molecule has 144 valence electrons. The first-order valence-corrected chi connectivity index (χ1v) is 10.1. The molecule has 3 rings (SSSR count). The van der Waals surface area contributed by atoms with Crippen LogP contribution in [0.4, 0.5) is 0 Å². The number of fused-ring (bicyclic) bond motifs is 1. The molecule has 1 amide bonds. The monoisotopic (exact) mass is 387 g/mol. The van der Waals surface area contributed by atoms with E-state index in [9.17, 15) is 9.59 Å². The summed E-state index contributed by atoms with van der Waals surface area (Å²) in [4.78, 5) is 26.4. The number of carbonyl (C=O) groups is 2. The predicted octanol–water partition coefficient (Wildman–Crippen LogP) is 3.54. The molecule has 0 unspecified atom stereocenters. The van der Waals surface area contributed by atoms with Crippen molar-refractivity contribution < 1.29 is 19.1 Å². The maximum absolute atomic E-state index is 12.3. The van der Waals surface area contributed by atoms with Gasteiger partial charge < -0.3 is 14.8 Å². The maximum atomic E-state index is 12.3. The van der Waals surface area contributed by atoms with Gasteiger partial charge in [0.2, 0.25) is 0 Å². The first kappa shape index (κ1) is 19.4. The molecule has 1 heterocycles. The molecule has 0 fully saturated rings. The summed E-state index contributed by atoms with van der Waals surface area (Å²) in [5, 5.41) is 2.82. The van der Waals surface area contributed by atoms with Gasteiger partial charge in [-0.3, -0.25) is 4.79 Å². The molecule has 0 bridgehead atoms. The number of aryl methyl sites for hydroxylation is 2. The highest BCUT2D eigenvalue weighted by molar-refractivity contribution is 7.14. The molecule has 1 aromatic heterocycles. The minimum atomic E-state index is -0.813. The lowest BCUT2D eigenvalue weighted by Crippen LogP contribution is -2.36. The minimum absolute atomic E-state index is 0.279. The number of carbonyl (C=O) groups excluding carboxylic acids is 2. The number of amides is 1. The third kappa shape index (κ3) is 5.10. The average Bonchev–Trinajstić information content (AvgIpc) is 3.13. The molecule has 0 saturated heterocycles. The fourth-order valence-corrected chi connectivity index (χ4v) is 4.27. The van der Waals surface area contributed by atoms with Crippen LogP contribution in [0.15, 0.2) is 30.3 Å². The lowest BCUT2D eigenvalue weighted by Gasteiger charge is -2.13. The highest BCUT2D eigenvalue weighted by Gasteiger charge is 2.22. The Hall–Kier alpha value is -2.34. The second-order valence-corrected chi connectivity index (χ2v) is 7.84. The smallest absolute Gasteiger partial charge is 0.349 e. The van der Waals surface area contributed by atoms with E-state index >= 15 is 0 Å². The van der Waals surface area contributed by atoms with Gasteiger partial charge in [-0.2, -0.15) is 0 Å². The fourth-order valence-electron chi connectivity index (χ4n) is 3.13. The van der Waals surface area contributed by atoms with Crippen molar-refractivity contribution >= 4 is 23.2 Å². The van der Waals surface area contributed by atoms with Crippen LogP contribution < -0.4 is 10.1 Å². The summed E-state index contributed by atoms with van der Waals surface area (Å²) in [5.74, 6) is 0.115. The minimum Gasteiger partial charge on any atom is -0.497 e. The molecule has 1 aromatic carbocycles. The van der Waals surface area contributed by atoms with Crippen LogP contribution in [0.3, 0.4) is 0 Å². The van der Waals surface area contributed by atoms with E-state index in [1.165, 1.54) is 34.6 Å². The van der Waals surface area contributed by atoms with Crippen LogP contribution in [0.1, 0.15) is 45.4 Å². The molecule has 1 atom stereocenters. The molecule has 1 N–H and O–H groups in total. The summed E-state index contributed by atoms with van der Waals surface area (Å²) in [6, 6.07) is 9.64. The number of hydrogen-bond donors (Lipinski definition) is 1. The van der Waals surface area contributed by atoms with E-state index in [0.717, 1.165) is 24.2 Å². The van der Waals surface area contributed by atoms with Gasteiger partial charge in [-0.1, -0.05) is 12.1 Å². The van der Waals surface area contributed by atoms with Gasteiger partial charge in [-0.15, -0.1) is 11.3 Å². The van der Waals surface area contributed by atoms with Gasteiger partial charge in [-0.05, 0) is 68.4 Å². The van der Waals surface area contributed by atoms with Gasteiger partial charge >= 0.3 is 5.97 Å². The second kappa shape index (κ2) is 9.04. The molecule has 5 nitrogen and oxygen atoms in total. The molecular formula is C21H25NO4S. The largest absolute Gasteiger partial charge is 0.497 e. The number of hydrogen-bond acceptors (Lipinski definition) is 5. The number of thiophene rings is 1. The van der Waals surface area contributed by atoms with Crippen LogP contribution in [0.5, 0.6) is 5.75 Å². The number of rotatable bonds is 7. The van der Waals surface area contributed by atoms with Gasteiger partial charge in [-0.25, -0.2) is 4.79 Å². The van der Waals surface area contributed by atoms with E-state index in [-0.39, 0.29) is 5.91 Å². The van der Waals surface area contributed by atoms with Crippen LogP contribution in [0.2, 0.25) is 0 Å². The van der Waals surface area contributed by atoms with Crippen molar-refractivity contribution in [3.05, 3.63) is 51.2 Å². The number of esters is 1. The molecule has 27 heavy (non-hydrogen) atoms. The number of nitrogens with one attached hydrogen (secondary N) is 1. The summed E-state index contributed by atoms with van der Waals surface area (Å²) < 4.78 is 10.5. The van der Waals surface area contributed by atoms with Crippen LogP contribution in [0.25, 0.3) is 0 Å². The second-order valence-electron chi connectivity index (χ2n) is 6.70. The summed E-state index contributed by atoms with van der Waals surface area (Å²) in [7, 11) is 1.63. The molecule has 0 aliphatic heterocycles. The molecule has 2 aromatic rings. The zero-order chi connectivity index (χ0) is 19.2. The van der Waals surface area contributed by atoms with Crippen molar-refractivity contribution in [3.8, 4) is 5.75 Å². The van der Waals surface area contributed by atoms with Crippen molar-refractivity contribution in [1.82, 2.24) is 5.32 Å². The zero-order valence-electron chi connectivity index (χ0n) is 15.7. The third-order valence-corrected chi connectivity index (χ3v) is 5.94. The Morgan fingerprint density at radius 3 is 2.63 bits per heavy atom. The van der Waals surface area contributed by atoms with Crippen molar-refractivity contribution in [3.63, 3.8) is 0 Å². The van der Waals surface area contributed by atoms with Gasteiger partial charge in [0.25, 0.3) is 5.91 Å². The standard InChI is InChI=1S/C21H25NO4S/c1-14(20(23)22-12-11-15-7-9-17(25-2)10-8-15)26-21(24)19-13-16-5-3-4-6-18(16)27-19/h7-10,13-14H,3-6,11-12H2,1-2H3,(H,22,23)/t14-/m0/s1. The Morgan fingerprint density at radius 2 is 1.93 bits per heavy atom. The van der Waals surface area contributed by atoms with E-state index < -0.39 is 12.1 Å². The summed E-state index contributed by atoms with van der Waals surface area (Å²) >= 11 is 1.50. The summed E-state index contributed by atoms with van der Waals surface area (Å²) in [6.45, 7) is 2.09. The van der Waals surface area contributed by atoms with E-state index in [1.54, 1.807) is 14.0 Å². The molecule has 0 saturated carbocycles. The Morgan fingerprint density at radius 1 is 1.19 bits per heavy atom. The Balaban J connectivity index is 1.45. The summed E-state index contributed by atoms with van der Waals surface area (Å²) in [6.07, 6.45) is 4.30. The SMILES string of the molecule is COc1ccc(CCNC(=O)[C@H](C)OC(=O)c2cc3c(s2)CCCC3)cc1. The number of methoxy groups -OCH3 is 1. The highest BCUT2D eigenvalue weighted by atomic mass is 32.1. The van der Waals surface area contributed by atoms with Crippen molar-refractivity contribution in [1.29, 1.82) is 0 Å². The van der Waals surface area contributed by atoms with Gasteiger partial charge in [0.05, 0.1) is 7.11 Å². The van der Waals surface area contributed by atoms with Gasteiger partial charge in [0.15, 0.2) is 6.10 Å². The van der Waals surface area contributed by atoms with Crippen LogP contribution in [-0.2, 0) is 28.8 Å². The molecule has 1 aliphatic carbocycles. The molecule has 0 spiro atoms. The lowest BCUT2D eigenvalue weighted by molar-refractivity contribution is -0.129. The van der Waals surface area contributed by atoms with Crippen molar-refractivity contribution in [2.24, 2.45) is 0 Å². The number of ether oxygens (including phenoxy) is 2. The van der Waals surface area contributed by atoms with Crippen molar-refractivity contribution in [2.75, 3.05) is 13.7 Å². The Labute approximate surface area is 163 Å². The topological polar surface area (TPSA) is 64.6 Å². The van der Waals surface area contributed by atoms with E-state index in [1.807, 2.05) is 30.3 Å². The normalized spacial score (nSPS) is 14.1. The van der Waals surface area contributed by atoms with Crippen LogP contribution >= 0.6 is 11.3 Å². The third-order valence-electron chi connectivity index (χ3n) is 4.72. The van der Waals surface area contributed by atoms with E-state index in [4.69, 9.17) is 9.47 Å². The lowest BCUT2D eigenvalue weighted by atomic mass is 9.99. The first-order chi connectivity index (χ1) is 13.1. The van der Waals surface area contributed by atoms with Gasteiger partial charge in [0, 0.05) is 11.4 Å². The van der Waals surface area contributed by atoms with Crippen LogP contribution in [0, 0.1) is 0 Å². The van der Waals surface area contributed by atoms with E-state index in [2.05, 4.69) is 5.32 Å². The quantitative estimate of drug-likeness (QED) is 0.738. The first-order valence-electron chi connectivity index (χ1n) is 9.30. The number of benzene rings is 1. The summed E-state index contributed by atoms with van der Waals surface area (Å²) in [5.41, 5.74) is 2.36. The van der Waals surface area contributed by atoms with Crippen molar-refractivity contribution in [2.45, 2.75) is 45.1 Å². The Bertz CT molecular complexity index is 774. The van der Waals surface area contributed by atoms with Gasteiger partial charge in [0.1, 0.15) is 10.6 Å². The fraction of sp³-hybridized carbons (Fsp3) is 0.429. The average molecular weight is 388 g/mol. The van der Waals surface area contributed by atoms with Crippen LogP contribution in [-0.4, -0.2) is 31.6 Å². The molecule has 1 aliphatic rings. The maximum Gasteiger partial charge on any atom is 0.349 e. The Kier molecular flexibility index (Phi) is 6.50. The molecule has 0 radical (unpaired) electrons. The zero-order valence-corrected chi connectivity index (χ0v) is 16.6. The predicted molar refractivity (Wildman–Crippen MR) is 106 cm³/mol.